The van der Waals surface area contributed by atoms with Crippen molar-refractivity contribution in [3.8, 4) is 0 Å². The van der Waals surface area contributed by atoms with Crippen LogP contribution in [0.25, 0.3) is 0 Å². The monoisotopic (exact) mass is 300 g/mol. The van der Waals surface area contributed by atoms with Crippen molar-refractivity contribution in [1.82, 2.24) is 4.72 Å². The lowest BCUT2D eigenvalue weighted by Gasteiger charge is -2.13. The van der Waals surface area contributed by atoms with Gasteiger partial charge < -0.3 is 10.4 Å². The Kier molecular flexibility index (Phi) is 5.23. The lowest BCUT2D eigenvalue weighted by Crippen LogP contribution is -2.40. The van der Waals surface area contributed by atoms with E-state index in [9.17, 15) is 18.0 Å². The van der Waals surface area contributed by atoms with Gasteiger partial charge in [-0.25, -0.2) is 8.42 Å². The second-order valence-corrected chi connectivity index (χ2v) is 5.84. The first-order valence-electron chi connectivity index (χ1n) is 5.89. The van der Waals surface area contributed by atoms with Gasteiger partial charge in [0, 0.05) is 12.6 Å². The molecule has 8 heteroatoms. The molecular weight excluding hydrogens is 284 g/mol. The number of anilines is 1. The maximum Gasteiger partial charge on any atom is 0.321 e. The smallest absolute Gasteiger partial charge is 0.321 e. The summed E-state index contributed by atoms with van der Waals surface area (Å²) in [5, 5.41) is 11.4. The van der Waals surface area contributed by atoms with Crippen molar-refractivity contribution < 1.29 is 23.1 Å². The number of aliphatic carboxylic acids is 1. The molecule has 110 valence electrons. The Labute approximate surface area is 117 Å². The Hall–Kier alpha value is -1.93. The maximum atomic E-state index is 12.0. The quantitative estimate of drug-likeness (QED) is 0.719. The summed E-state index contributed by atoms with van der Waals surface area (Å²) >= 11 is 0. The number of rotatable bonds is 6. The topological polar surface area (TPSA) is 113 Å². The molecule has 0 unspecified atom stereocenters. The molecule has 0 heterocycles. The molecule has 1 rings (SSSR count). The summed E-state index contributed by atoms with van der Waals surface area (Å²) in [4.78, 5) is 21.6. The fourth-order valence-corrected chi connectivity index (χ4v) is 2.76. The molecule has 0 saturated carbocycles. The van der Waals surface area contributed by atoms with Crippen LogP contribution in [-0.2, 0) is 19.6 Å². The molecule has 0 radical (unpaired) electrons. The first kappa shape index (κ1) is 16.1. The minimum absolute atomic E-state index is 0.0636. The first-order chi connectivity index (χ1) is 9.26. The number of carbonyl (C=O) groups excluding carboxylic acids is 1. The van der Waals surface area contributed by atoms with E-state index < -0.39 is 22.0 Å². The molecule has 1 atom stereocenters. The fraction of sp³-hybridized carbons (Fsp3) is 0.333. The molecular formula is C12H16N2O5S. The van der Waals surface area contributed by atoms with Gasteiger partial charge in [-0.1, -0.05) is 6.92 Å². The van der Waals surface area contributed by atoms with Gasteiger partial charge in [-0.15, -0.1) is 0 Å². The second kappa shape index (κ2) is 6.49. The van der Waals surface area contributed by atoms with Crippen molar-refractivity contribution in [2.45, 2.75) is 31.2 Å². The third-order valence-corrected chi connectivity index (χ3v) is 3.98. The zero-order chi connectivity index (χ0) is 15.3. The molecule has 3 N–H and O–H groups in total. The third-order valence-electron chi connectivity index (χ3n) is 2.49. The van der Waals surface area contributed by atoms with E-state index in [1.54, 1.807) is 6.92 Å². The van der Waals surface area contributed by atoms with Gasteiger partial charge in [0.15, 0.2) is 0 Å². The summed E-state index contributed by atoms with van der Waals surface area (Å²) in [6, 6.07) is 4.27. The van der Waals surface area contributed by atoms with Gasteiger partial charge in [0.1, 0.15) is 6.04 Å². The molecule has 0 spiro atoms. The highest BCUT2D eigenvalue weighted by Gasteiger charge is 2.23. The number of carboxylic acids is 1. The van der Waals surface area contributed by atoms with Gasteiger partial charge in [-0.3, -0.25) is 9.59 Å². The van der Waals surface area contributed by atoms with Crippen LogP contribution in [0, 0.1) is 0 Å². The number of hydrogen-bond acceptors (Lipinski definition) is 4. The molecule has 0 aliphatic heterocycles. The fourth-order valence-electron chi connectivity index (χ4n) is 1.48. The predicted octanol–water partition coefficient (Wildman–Crippen LogP) is 0.786. The standard InChI is InChI=1S/C12H16N2O5S/c1-3-11(12(16)17)14-20(18,19)10-6-4-9(5-7-10)13-8(2)15/h4-7,11,14H,3H2,1-2H3,(H,13,15)(H,16,17)/t11-/m1/s1. The molecule has 0 aliphatic rings. The molecule has 7 nitrogen and oxygen atoms in total. The maximum absolute atomic E-state index is 12.0. The highest BCUT2D eigenvalue weighted by Crippen LogP contribution is 2.14. The van der Waals surface area contributed by atoms with Crippen LogP contribution >= 0.6 is 0 Å². The van der Waals surface area contributed by atoms with Crippen LogP contribution in [0.5, 0.6) is 0 Å². The van der Waals surface area contributed by atoms with Crippen molar-refractivity contribution in [1.29, 1.82) is 0 Å². The van der Waals surface area contributed by atoms with Crippen molar-refractivity contribution in [3.05, 3.63) is 24.3 Å². The van der Waals surface area contributed by atoms with E-state index in [1.807, 2.05) is 0 Å². The highest BCUT2D eigenvalue weighted by atomic mass is 32.2. The number of carbonyl (C=O) groups is 2. The molecule has 1 aromatic carbocycles. The normalized spacial score (nSPS) is 12.7. The predicted molar refractivity (Wildman–Crippen MR) is 72.8 cm³/mol. The summed E-state index contributed by atoms with van der Waals surface area (Å²) in [6.07, 6.45) is 0.137. The van der Waals surface area contributed by atoms with E-state index in [4.69, 9.17) is 5.11 Å². The molecule has 0 saturated heterocycles. The van der Waals surface area contributed by atoms with E-state index in [1.165, 1.54) is 31.2 Å². The van der Waals surface area contributed by atoms with E-state index in [0.29, 0.717) is 5.69 Å². The minimum Gasteiger partial charge on any atom is -0.480 e. The number of nitrogens with one attached hydrogen (secondary N) is 2. The largest absolute Gasteiger partial charge is 0.480 e. The SMILES string of the molecule is CC[C@@H](NS(=O)(=O)c1ccc(NC(C)=O)cc1)C(=O)O. The van der Waals surface area contributed by atoms with Crippen LogP contribution in [0.1, 0.15) is 20.3 Å². The van der Waals surface area contributed by atoms with Crippen LogP contribution in [0.2, 0.25) is 0 Å². The van der Waals surface area contributed by atoms with Gasteiger partial charge in [0.2, 0.25) is 15.9 Å². The minimum atomic E-state index is -3.91. The number of hydrogen-bond donors (Lipinski definition) is 3. The summed E-state index contributed by atoms with van der Waals surface area (Å²) < 4.78 is 26.1. The average Bonchev–Trinajstić information content (AvgIpc) is 2.35. The lowest BCUT2D eigenvalue weighted by atomic mass is 10.2. The molecule has 0 aromatic heterocycles. The van der Waals surface area contributed by atoms with Crippen molar-refractivity contribution in [2.75, 3.05) is 5.32 Å². The number of benzene rings is 1. The van der Waals surface area contributed by atoms with Gasteiger partial charge in [-0.2, -0.15) is 4.72 Å². The average molecular weight is 300 g/mol. The van der Waals surface area contributed by atoms with E-state index in [0.717, 1.165) is 0 Å². The molecule has 0 bridgehead atoms. The Morgan fingerprint density at radius 2 is 1.80 bits per heavy atom. The first-order valence-corrected chi connectivity index (χ1v) is 7.37. The van der Waals surface area contributed by atoms with Gasteiger partial charge in [0.05, 0.1) is 4.90 Å². The van der Waals surface area contributed by atoms with Crippen LogP contribution < -0.4 is 10.0 Å². The number of amides is 1. The molecule has 0 aliphatic carbocycles. The van der Waals surface area contributed by atoms with Gasteiger partial charge in [0.25, 0.3) is 0 Å². The second-order valence-electron chi connectivity index (χ2n) is 4.13. The Morgan fingerprint density at radius 3 is 2.20 bits per heavy atom. The Balaban J connectivity index is 2.92. The molecule has 0 fully saturated rings. The van der Waals surface area contributed by atoms with Crippen LogP contribution in [0.3, 0.4) is 0 Å². The van der Waals surface area contributed by atoms with Crippen LogP contribution in [0.4, 0.5) is 5.69 Å². The van der Waals surface area contributed by atoms with E-state index in [2.05, 4.69) is 10.0 Å². The van der Waals surface area contributed by atoms with E-state index >= 15 is 0 Å². The van der Waals surface area contributed by atoms with Crippen LogP contribution in [0.15, 0.2) is 29.2 Å². The Morgan fingerprint density at radius 1 is 1.25 bits per heavy atom. The van der Waals surface area contributed by atoms with Crippen molar-refractivity contribution in [3.63, 3.8) is 0 Å². The summed E-state index contributed by atoms with van der Waals surface area (Å²) in [5.74, 6) is -1.50. The molecule has 1 amide bonds. The number of sulfonamides is 1. The zero-order valence-electron chi connectivity index (χ0n) is 11.1. The van der Waals surface area contributed by atoms with Crippen LogP contribution in [-0.4, -0.2) is 31.4 Å². The number of carboxylic acid groups (broad SMARTS) is 1. The van der Waals surface area contributed by atoms with Crippen molar-refractivity contribution in [2.24, 2.45) is 0 Å². The highest BCUT2D eigenvalue weighted by molar-refractivity contribution is 7.89. The molecule has 1 aromatic rings. The zero-order valence-corrected chi connectivity index (χ0v) is 11.9. The van der Waals surface area contributed by atoms with E-state index in [-0.39, 0.29) is 17.2 Å². The van der Waals surface area contributed by atoms with Gasteiger partial charge in [-0.05, 0) is 30.7 Å². The summed E-state index contributed by atoms with van der Waals surface area (Å²) in [5.41, 5.74) is 0.460. The summed E-state index contributed by atoms with van der Waals surface area (Å²) in [6.45, 7) is 2.91. The molecule has 20 heavy (non-hydrogen) atoms. The third kappa shape index (κ3) is 4.32. The summed E-state index contributed by atoms with van der Waals surface area (Å²) in [7, 11) is -3.91. The Bertz CT molecular complexity index is 595. The van der Waals surface area contributed by atoms with Gasteiger partial charge >= 0.3 is 5.97 Å². The lowest BCUT2D eigenvalue weighted by molar-refractivity contribution is -0.139. The van der Waals surface area contributed by atoms with Crippen molar-refractivity contribution >= 4 is 27.6 Å².